The van der Waals surface area contributed by atoms with Crippen molar-refractivity contribution in [1.29, 1.82) is 0 Å². The van der Waals surface area contributed by atoms with Gasteiger partial charge in [0.25, 0.3) is 0 Å². The zero-order chi connectivity index (χ0) is 10.2. The lowest BCUT2D eigenvalue weighted by molar-refractivity contribution is -0.0944. The maximum atomic E-state index is 6.00. The van der Waals surface area contributed by atoms with Gasteiger partial charge in [0.1, 0.15) is 6.10 Å². The Morgan fingerprint density at radius 3 is 2.93 bits per heavy atom. The second-order valence-corrected chi connectivity index (χ2v) is 6.63. The average molecular weight is 276 g/mol. The lowest BCUT2D eigenvalue weighted by Crippen LogP contribution is -2.46. The Kier molecular flexibility index (Phi) is 2.98. The van der Waals surface area contributed by atoms with Crippen LogP contribution in [0, 0.1) is 0 Å². The monoisotopic (exact) mass is 275 g/mol. The standard InChI is InChI=1S/C10H14BrNOS/c1-10(2)6-12-5-7(13-10)8-3-4-9(11)14-8/h3-4,7,12H,5-6H2,1-2H3. The van der Waals surface area contributed by atoms with Gasteiger partial charge in [-0.3, -0.25) is 0 Å². The molecule has 1 unspecified atom stereocenters. The predicted molar refractivity (Wildman–Crippen MR) is 62.8 cm³/mol. The second-order valence-electron chi connectivity index (χ2n) is 4.14. The Balaban J connectivity index is 2.12. The van der Waals surface area contributed by atoms with Crippen LogP contribution in [0.25, 0.3) is 0 Å². The van der Waals surface area contributed by atoms with Gasteiger partial charge in [-0.15, -0.1) is 11.3 Å². The van der Waals surface area contributed by atoms with Crippen LogP contribution in [0.15, 0.2) is 15.9 Å². The van der Waals surface area contributed by atoms with Crippen LogP contribution in [0.2, 0.25) is 0 Å². The van der Waals surface area contributed by atoms with Crippen molar-refractivity contribution in [3.63, 3.8) is 0 Å². The van der Waals surface area contributed by atoms with Gasteiger partial charge in [-0.05, 0) is 41.9 Å². The van der Waals surface area contributed by atoms with Crippen LogP contribution in [-0.2, 0) is 4.74 Å². The first-order valence-electron chi connectivity index (χ1n) is 4.71. The summed E-state index contributed by atoms with van der Waals surface area (Å²) in [6.07, 6.45) is 0.204. The topological polar surface area (TPSA) is 21.3 Å². The van der Waals surface area contributed by atoms with E-state index in [2.05, 4.69) is 47.2 Å². The molecule has 0 aromatic carbocycles. The summed E-state index contributed by atoms with van der Waals surface area (Å²) in [5.74, 6) is 0. The molecular formula is C10H14BrNOS. The van der Waals surface area contributed by atoms with E-state index in [4.69, 9.17) is 4.74 Å². The minimum atomic E-state index is -0.0562. The van der Waals surface area contributed by atoms with Crippen LogP contribution >= 0.6 is 27.3 Å². The molecule has 1 aromatic rings. The van der Waals surface area contributed by atoms with Crippen molar-refractivity contribution in [3.8, 4) is 0 Å². The molecule has 4 heteroatoms. The largest absolute Gasteiger partial charge is 0.364 e. The van der Waals surface area contributed by atoms with E-state index < -0.39 is 0 Å². The zero-order valence-corrected chi connectivity index (χ0v) is 10.7. The summed E-state index contributed by atoms with van der Waals surface area (Å²) >= 11 is 5.22. The number of halogens is 1. The third kappa shape index (κ3) is 2.37. The molecular weight excluding hydrogens is 262 g/mol. The number of nitrogens with one attached hydrogen (secondary N) is 1. The fourth-order valence-corrected chi connectivity index (χ4v) is 3.09. The highest BCUT2D eigenvalue weighted by atomic mass is 79.9. The summed E-state index contributed by atoms with van der Waals surface area (Å²) in [7, 11) is 0. The first kappa shape index (κ1) is 10.6. The van der Waals surface area contributed by atoms with Gasteiger partial charge in [0.15, 0.2) is 0 Å². The van der Waals surface area contributed by atoms with Gasteiger partial charge in [0.2, 0.25) is 0 Å². The number of hydrogen-bond acceptors (Lipinski definition) is 3. The smallest absolute Gasteiger partial charge is 0.105 e. The van der Waals surface area contributed by atoms with E-state index in [1.54, 1.807) is 11.3 Å². The summed E-state index contributed by atoms with van der Waals surface area (Å²) in [5, 5.41) is 3.40. The molecule has 1 aromatic heterocycles. The van der Waals surface area contributed by atoms with Crippen molar-refractivity contribution in [2.45, 2.75) is 25.6 Å². The molecule has 0 saturated carbocycles. The van der Waals surface area contributed by atoms with Crippen LogP contribution in [0.1, 0.15) is 24.8 Å². The molecule has 1 aliphatic rings. The van der Waals surface area contributed by atoms with Gasteiger partial charge in [-0.25, -0.2) is 0 Å². The van der Waals surface area contributed by atoms with Crippen molar-refractivity contribution in [2.24, 2.45) is 0 Å². The fraction of sp³-hybridized carbons (Fsp3) is 0.600. The third-order valence-electron chi connectivity index (χ3n) is 2.25. The van der Waals surface area contributed by atoms with Crippen LogP contribution in [0.5, 0.6) is 0 Å². The summed E-state index contributed by atoms with van der Waals surface area (Å²) < 4.78 is 7.17. The third-order valence-corrected chi connectivity index (χ3v) is 3.97. The minimum absolute atomic E-state index is 0.0562. The Morgan fingerprint density at radius 1 is 1.57 bits per heavy atom. The van der Waals surface area contributed by atoms with Gasteiger partial charge in [0.05, 0.1) is 9.39 Å². The molecule has 78 valence electrons. The quantitative estimate of drug-likeness (QED) is 0.851. The van der Waals surface area contributed by atoms with E-state index in [0.29, 0.717) is 0 Å². The van der Waals surface area contributed by atoms with Crippen LogP contribution in [0.3, 0.4) is 0 Å². The SMILES string of the molecule is CC1(C)CNCC(c2ccc(Br)s2)O1. The number of ether oxygens (including phenoxy) is 1. The Bertz CT molecular complexity index is 324. The van der Waals surface area contributed by atoms with Crippen LogP contribution in [0.4, 0.5) is 0 Å². The molecule has 14 heavy (non-hydrogen) atoms. The molecule has 0 spiro atoms. The van der Waals surface area contributed by atoms with E-state index in [1.807, 2.05) is 0 Å². The Labute approximate surface area is 96.8 Å². The molecule has 2 nitrogen and oxygen atoms in total. The van der Waals surface area contributed by atoms with Crippen LogP contribution in [-0.4, -0.2) is 18.7 Å². The first-order valence-corrected chi connectivity index (χ1v) is 6.31. The number of hydrogen-bond donors (Lipinski definition) is 1. The molecule has 1 saturated heterocycles. The minimum Gasteiger partial charge on any atom is -0.364 e. The molecule has 1 fully saturated rings. The number of rotatable bonds is 1. The van der Waals surface area contributed by atoms with Crippen molar-refractivity contribution in [2.75, 3.05) is 13.1 Å². The van der Waals surface area contributed by atoms with Crippen molar-refractivity contribution in [3.05, 3.63) is 20.8 Å². The highest BCUT2D eigenvalue weighted by Crippen LogP contribution is 2.33. The Morgan fingerprint density at radius 2 is 2.36 bits per heavy atom. The van der Waals surface area contributed by atoms with Crippen molar-refractivity contribution in [1.82, 2.24) is 5.32 Å². The van der Waals surface area contributed by atoms with E-state index in [-0.39, 0.29) is 11.7 Å². The van der Waals surface area contributed by atoms with Crippen molar-refractivity contribution >= 4 is 27.3 Å². The molecule has 2 rings (SSSR count). The molecule has 0 aliphatic carbocycles. The second kappa shape index (κ2) is 3.93. The van der Waals surface area contributed by atoms with E-state index >= 15 is 0 Å². The lowest BCUT2D eigenvalue weighted by Gasteiger charge is -2.36. The maximum Gasteiger partial charge on any atom is 0.105 e. The fourth-order valence-electron chi connectivity index (χ4n) is 1.63. The van der Waals surface area contributed by atoms with Gasteiger partial charge in [-0.2, -0.15) is 0 Å². The van der Waals surface area contributed by atoms with Crippen molar-refractivity contribution < 1.29 is 4.74 Å². The summed E-state index contributed by atoms with van der Waals surface area (Å²) in [5.41, 5.74) is -0.0562. The lowest BCUT2D eigenvalue weighted by atomic mass is 10.1. The summed E-state index contributed by atoms with van der Waals surface area (Å²) in [6, 6.07) is 4.20. The number of thiophene rings is 1. The summed E-state index contributed by atoms with van der Waals surface area (Å²) in [6.45, 7) is 6.08. The number of morpholine rings is 1. The van der Waals surface area contributed by atoms with E-state index in [1.165, 1.54) is 8.66 Å². The maximum absolute atomic E-state index is 6.00. The molecule has 1 aliphatic heterocycles. The van der Waals surface area contributed by atoms with E-state index in [0.717, 1.165) is 13.1 Å². The molecule has 0 radical (unpaired) electrons. The van der Waals surface area contributed by atoms with Gasteiger partial charge >= 0.3 is 0 Å². The van der Waals surface area contributed by atoms with Gasteiger partial charge in [-0.1, -0.05) is 0 Å². The molecule has 2 heterocycles. The Hall–Kier alpha value is 0.1000. The predicted octanol–water partition coefficient (Wildman–Crippen LogP) is 2.95. The summed E-state index contributed by atoms with van der Waals surface area (Å²) in [4.78, 5) is 1.29. The van der Waals surface area contributed by atoms with Gasteiger partial charge < -0.3 is 10.1 Å². The zero-order valence-electron chi connectivity index (χ0n) is 8.34. The van der Waals surface area contributed by atoms with Crippen LogP contribution < -0.4 is 5.32 Å². The molecule has 0 bridgehead atoms. The highest BCUT2D eigenvalue weighted by Gasteiger charge is 2.29. The highest BCUT2D eigenvalue weighted by molar-refractivity contribution is 9.11. The molecule has 1 atom stereocenters. The molecule has 0 amide bonds. The van der Waals surface area contributed by atoms with E-state index in [9.17, 15) is 0 Å². The molecule has 1 N–H and O–H groups in total. The first-order chi connectivity index (χ1) is 6.57. The normalized spacial score (nSPS) is 26.4. The average Bonchev–Trinajstić information content (AvgIpc) is 2.50. The van der Waals surface area contributed by atoms with Gasteiger partial charge in [0, 0.05) is 18.0 Å².